The van der Waals surface area contributed by atoms with Crippen LogP contribution in [0, 0.1) is 6.92 Å². The second-order valence-electron chi connectivity index (χ2n) is 7.89. The van der Waals surface area contributed by atoms with Crippen molar-refractivity contribution in [3.63, 3.8) is 0 Å². The van der Waals surface area contributed by atoms with Gasteiger partial charge in [0, 0.05) is 0 Å². The Labute approximate surface area is 167 Å². The number of hydrogen-bond acceptors (Lipinski definition) is 4. The van der Waals surface area contributed by atoms with Crippen molar-refractivity contribution < 1.29 is 20.1 Å². The lowest BCUT2D eigenvalue weighted by atomic mass is 9.88. The minimum atomic E-state index is -1.21. The Bertz CT molecular complexity index is 771. The molecule has 2 aromatic rings. The van der Waals surface area contributed by atoms with Gasteiger partial charge in [0.1, 0.15) is 24.4 Å². The molecular weight excluding hydrogens is 352 g/mol. The molecule has 0 amide bonds. The molecule has 0 radical (unpaired) electrons. The maximum absolute atomic E-state index is 10.5. The molecule has 2 aromatic carbocycles. The SMILES string of the molecule is CCC[C@H]1O[C@@H](c2ccc(C)c(Cc3ccc(CC)cc3)c2)[C@H](O)[C@@H](O)[C@@H]1O. The van der Waals surface area contributed by atoms with Crippen LogP contribution in [-0.2, 0) is 17.6 Å². The zero-order valence-corrected chi connectivity index (χ0v) is 17.0. The number of aryl methyl sites for hydroxylation is 2. The highest BCUT2D eigenvalue weighted by Gasteiger charge is 2.43. The van der Waals surface area contributed by atoms with Crippen molar-refractivity contribution in [1.29, 1.82) is 0 Å². The molecule has 4 heteroatoms. The fraction of sp³-hybridized carbons (Fsp3) is 0.500. The molecule has 0 spiro atoms. The molecule has 0 unspecified atom stereocenters. The predicted octanol–water partition coefficient (Wildman–Crippen LogP) is 3.47. The molecule has 1 heterocycles. The number of rotatable bonds is 6. The van der Waals surface area contributed by atoms with Gasteiger partial charge in [-0.05, 0) is 54.0 Å². The van der Waals surface area contributed by atoms with Crippen LogP contribution in [0.5, 0.6) is 0 Å². The van der Waals surface area contributed by atoms with E-state index in [0.717, 1.165) is 24.8 Å². The predicted molar refractivity (Wildman–Crippen MR) is 110 cm³/mol. The largest absolute Gasteiger partial charge is 0.388 e. The van der Waals surface area contributed by atoms with Gasteiger partial charge in [-0.2, -0.15) is 0 Å². The zero-order valence-electron chi connectivity index (χ0n) is 17.0. The molecule has 4 nitrogen and oxygen atoms in total. The normalized spacial score (nSPS) is 27.7. The summed E-state index contributed by atoms with van der Waals surface area (Å²) in [4.78, 5) is 0. The average Bonchev–Trinajstić information content (AvgIpc) is 2.71. The van der Waals surface area contributed by atoms with Crippen molar-refractivity contribution in [2.45, 2.75) is 77.0 Å². The van der Waals surface area contributed by atoms with E-state index in [9.17, 15) is 15.3 Å². The van der Waals surface area contributed by atoms with Crippen LogP contribution < -0.4 is 0 Å². The summed E-state index contributed by atoms with van der Waals surface area (Å²) in [5.74, 6) is 0. The van der Waals surface area contributed by atoms with E-state index in [1.165, 1.54) is 22.3 Å². The molecule has 28 heavy (non-hydrogen) atoms. The van der Waals surface area contributed by atoms with Crippen molar-refractivity contribution in [2.75, 3.05) is 0 Å². The molecule has 1 fully saturated rings. The van der Waals surface area contributed by atoms with Crippen molar-refractivity contribution in [3.05, 3.63) is 70.3 Å². The maximum atomic E-state index is 10.5. The highest BCUT2D eigenvalue weighted by atomic mass is 16.5. The van der Waals surface area contributed by atoms with Crippen LogP contribution in [-0.4, -0.2) is 39.7 Å². The van der Waals surface area contributed by atoms with E-state index in [1.54, 1.807) is 0 Å². The summed E-state index contributed by atoms with van der Waals surface area (Å²) in [6.45, 7) is 6.24. The highest BCUT2D eigenvalue weighted by molar-refractivity contribution is 5.37. The Morgan fingerprint density at radius 1 is 0.857 bits per heavy atom. The summed E-state index contributed by atoms with van der Waals surface area (Å²) in [6, 6.07) is 14.7. The lowest BCUT2D eigenvalue weighted by Crippen LogP contribution is -2.54. The van der Waals surface area contributed by atoms with E-state index >= 15 is 0 Å². The van der Waals surface area contributed by atoms with E-state index in [2.05, 4.69) is 44.2 Å². The van der Waals surface area contributed by atoms with Gasteiger partial charge in [-0.25, -0.2) is 0 Å². The summed E-state index contributed by atoms with van der Waals surface area (Å²) in [5, 5.41) is 31.0. The van der Waals surface area contributed by atoms with Gasteiger partial charge >= 0.3 is 0 Å². The summed E-state index contributed by atoms with van der Waals surface area (Å²) in [5.41, 5.74) is 5.75. The van der Waals surface area contributed by atoms with Crippen molar-refractivity contribution in [1.82, 2.24) is 0 Å². The third kappa shape index (κ3) is 4.47. The molecule has 1 aliphatic rings. The number of benzene rings is 2. The van der Waals surface area contributed by atoms with Gasteiger partial charge in [-0.1, -0.05) is 62.7 Å². The van der Waals surface area contributed by atoms with E-state index in [1.807, 2.05) is 19.1 Å². The van der Waals surface area contributed by atoms with Gasteiger partial charge in [0.25, 0.3) is 0 Å². The summed E-state index contributed by atoms with van der Waals surface area (Å²) < 4.78 is 6.02. The van der Waals surface area contributed by atoms with Crippen LogP contribution >= 0.6 is 0 Å². The van der Waals surface area contributed by atoms with Gasteiger partial charge < -0.3 is 20.1 Å². The topological polar surface area (TPSA) is 69.9 Å². The molecule has 152 valence electrons. The molecule has 0 bridgehead atoms. The minimum Gasteiger partial charge on any atom is -0.388 e. The first-order chi connectivity index (χ1) is 13.4. The summed E-state index contributed by atoms with van der Waals surface area (Å²) in [6.07, 6.45) is -1.22. The Hall–Kier alpha value is -1.72. The molecule has 0 saturated carbocycles. The standard InChI is InChI=1S/C24H32O4/c1-4-6-20-21(25)22(26)23(27)24(28-20)18-12-7-15(3)19(14-18)13-17-10-8-16(5-2)9-11-17/h7-12,14,20-27H,4-6,13H2,1-3H3/t20-,21-,22+,23-,24+/m1/s1. The molecule has 5 atom stereocenters. The van der Waals surface area contributed by atoms with Gasteiger partial charge in [-0.15, -0.1) is 0 Å². The van der Waals surface area contributed by atoms with Crippen LogP contribution in [0.15, 0.2) is 42.5 Å². The van der Waals surface area contributed by atoms with E-state index in [4.69, 9.17) is 4.74 Å². The number of ether oxygens (including phenoxy) is 1. The van der Waals surface area contributed by atoms with Gasteiger partial charge in [-0.3, -0.25) is 0 Å². The Morgan fingerprint density at radius 3 is 2.18 bits per heavy atom. The fourth-order valence-corrected chi connectivity index (χ4v) is 3.92. The molecular formula is C24H32O4. The fourth-order valence-electron chi connectivity index (χ4n) is 3.92. The van der Waals surface area contributed by atoms with E-state index < -0.39 is 30.5 Å². The maximum Gasteiger partial charge on any atom is 0.113 e. The number of hydrogen-bond donors (Lipinski definition) is 3. The number of aliphatic hydroxyl groups is 3. The lowest BCUT2D eigenvalue weighted by Gasteiger charge is -2.41. The quantitative estimate of drug-likeness (QED) is 0.713. The van der Waals surface area contributed by atoms with Gasteiger partial charge in [0.2, 0.25) is 0 Å². The molecule has 0 aliphatic carbocycles. The van der Waals surface area contributed by atoms with Crippen LogP contribution in [0.3, 0.4) is 0 Å². The first-order valence-electron chi connectivity index (χ1n) is 10.3. The number of aliphatic hydroxyl groups excluding tert-OH is 3. The Balaban J connectivity index is 1.84. The van der Waals surface area contributed by atoms with Crippen LogP contribution in [0.4, 0.5) is 0 Å². The van der Waals surface area contributed by atoms with Crippen LogP contribution in [0.2, 0.25) is 0 Å². The molecule has 0 aromatic heterocycles. The first-order valence-corrected chi connectivity index (χ1v) is 10.3. The average molecular weight is 385 g/mol. The van der Waals surface area contributed by atoms with Crippen molar-refractivity contribution in [2.24, 2.45) is 0 Å². The van der Waals surface area contributed by atoms with Gasteiger partial charge in [0.05, 0.1) is 6.10 Å². The third-order valence-corrected chi connectivity index (χ3v) is 5.81. The monoisotopic (exact) mass is 384 g/mol. The molecule has 3 N–H and O–H groups in total. The summed E-state index contributed by atoms with van der Waals surface area (Å²) >= 11 is 0. The smallest absolute Gasteiger partial charge is 0.113 e. The molecule has 1 saturated heterocycles. The second kappa shape index (κ2) is 9.19. The van der Waals surface area contributed by atoms with Gasteiger partial charge in [0.15, 0.2) is 0 Å². The second-order valence-corrected chi connectivity index (χ2v) is 7.89. The third-order valence-electron chi connectivity index (χ3n) is 5.81. The zero-order chi connectivity index (χ0) is 20.3. The van der Waals surface area contributed by atoms with E-state index in [-0.39, 0.29) is 0 Å². The highest BCUT2D eigenvalue weighted by Crippen LogP contribution is 2.35. The van der Waals surface area contributed by atoms with Crippen LogP contribution in [0.1, 0.15) is 60.6 Å². The Kier molecular flexibility index (Phi) is 6.89. The van der Waals surface area contributed by atoms with Crippen LogP contribution in [0.25, 0.3) is 0 Å². The Morgan fingerprint density at radius 2 is 1.54 bits per heavy atom. The van der Waals surface area contributed by atoms with Crippen molar-refractivity contribution in [3.8, 4) is 0 Å². The lowest BCUT2D eigenvalue weighted by molar-refractivity contribution is -0.226. The summed E-state index contributed by atoms with van der Waals surface area (Å²) in [7, 11) is 0. The molecule has 1 aliphatic heterocycles. The van der Waals surface area contributed by atoms with Crippen molar-refractivity contribution >= 4 is 0 Å². The minimum absolute atomic E-state index is 0.472. The molecule has 3 rings (SSSR count). The van der Waals surface area contributed by atoms with E-state index in [0.29, 0.717) is 6.42 Å². The first kappa shape index (κ1) is 21.0.